The summed E-state index contributed by atoms with van der Waals surface area (Å²) in [6, 6.07) is 6.20. The standard InChI is InChI=1S/C14H16N2O2/c1-10-3-5-13(7-11(10)2)16-8-12(15-9-16)4-6-14(17)18/h3,5,7-9H,4,6H2,1-2H3,(H,17,18). The Hall–Kier alpha value is -2.10. The summed E-state index contributed by atoms with van der Waals surface area (Å²) < 4.78 is 1.92. The highest BCUT2D eigenvalue weighted by atomic mass is 16.4. The molecule has 94 valence electrons. The minimum absolute atomic E-state index is 0.115. The lowest BCUT2D eigenvalue weighted by Crippen LogP contribution is -1.97. The summed E-state index contributed by atoms with van der Waals surface area (Å²) >= 11 is 0. The highest BCUT2D eigenvalue weighted by molar-refractivity contribution is 5.66. The van der Waals surface area contributed by atoms with Crippen molar-refractivity contribution in [3.63, 3.8) is 0 Å². The number of aromatic nitrogens is 2. The molecule has 2 rings (SSSR count). The molecule has 4 nitrogen and oxygen atoms in total. The second kappa shape index (κ2) is 5.04. The second-order valence-electron chi connectivity index (χ2n) is 4.43. The van der Waals surface area contributed by atoms with Crippen LogP contribution in [0.25, 0.3) is 5.69 Å². The Labute approximate surface area is 106 Å². The van der Waals surface area contributed by atoms with Crippen molar-refractivity contribution in [3.8, 4) is 5.69 Å². The molecule has 4 heteroatoms. The van der Waals surface area contributed by atoms with E-state index >= 15 is 0 Å². The minimum atomic E-state index is -0.796. The number of carbonyl (C=O) groups is 1. The van der Waals surface area contributed by atoms with E-state index in [9.17, 15) is 4.79 Å². The van der Waals surface area contributed by atoms with E-state index in [1.54, 1.807) is 6.33 Å². The molecule has 0 fully saturated rings. The van der Waals surface area contributed by atoms with Gasteiger partial charge in [-0.1, -0.05) is 6.07 Å². The average molecular weight is 244 g/mol. The summed E-state index contributed by atoms with van der Waals surface area (Å²) in [6.07, 6.45) is 4.19. The zero-order valence-electron chi connectivity index (χ0n) is 10.6. The number of rotatable bonds is 4. The quantitative estimate of drug-likeness (QED) is 0.899. The molecule has 1 heterocycles. The maximum Gasteiger partial charge on any atom is 0.303 e. The van der Waals surface area contributed by atoms with Crippen LogP contribution in [-0.2, 0) is 11.2 Å². The van der Waals surface area contributed by atoms with E-state index in [2.05, 4.69) is 31.0 Å². The highest BCUT2D eigenvalue weighted by Gasteiger charge is 2.04. The zero-order chi connectivity index (χ0) is 13.1. The van der Waals surface area contributed by atoms with Crippen LogP contribution in [0.3, 0.4) is 0 Å². The summed E-state index contributed by atoms with van der Waals surface area (Å²) in [4.78, 5) is 14.7. The van der Waals surface area contributed by atoms with Gasteiger partial charge in [0.2, 0.25) is 0 Å². The molecule has 1 aromatic carbocycles. The lowest BCUT2D eigenvalue weighted by Gasteiger charge is -2.05. The highest BCUT2D eigenvalue weighted by Crippen LogP contribution is 2.14. The molecule has 1 N–H and O–H groups in total. The maximum atomic E-state index is 10.5. The first-order chi connectivity index (χ1) is 8.56. The summed E-state index contributed by atoms with van der Waals surface area (Å²) in [5, 5.41) is 8.63. The van der Waals surface area contributed by atoms with Crippen LogP contribution in [0.15, 0.2) is 30.7 Å². The normalized spacial score (nSPS) is 10.6. The smallest absolute Gasteiger partial charge is 0.303 e. The molecule has 0 unspecified atom stereocenters. The molecule has 0 spiro atoms. The van der Waals surface area contributed by atoms with Gasteiger partial charge >= 0.3 is 5.97 Å². The lowest BCUT2D eigenvalue weighted by molar-refractivity contribution is -0.136. The van der Waals surface area contributed by atoms with Gasteiger partial charge in [0.15, 0.2) is 0 Å². The van der Waals surface area contributed by atoms with E-state index in [0.29, 0.717) is 6.42 Å². The Morgan fingerprint density at radius 1 is 1.33 bits per heavy atom. The van der Waals surface area contributed by atoms with Crippen LogP contribution < -0.4 is 0 Å². The van der Waals surface area contributed by atoms with E-state index in [-0.39, 0.29) is 6.42 Å². The number of aliphatic carboxylic acids is 1. The minimum Gasteiger partial charge on any atom is -0.481 e. The molecule has 0 bridgehead atoms. The van der Waals surface area contributed by atoms with Gasteiger partial charge in [0, 0.05) is 18.3 Å². The van der Waals surface area contributed by atoms with Crippen molar-refractivity contribution in [2.24, 2.45) is 0 Å². The summed E-state index contributed by atoms with van der Waals surface area (Å²) in [7, 11) is 0. The van der Waals surface area contributed by atoms with Gasteiger partial charge in [-0.3, -0.25) is 4.79 Å². The Morgan fingerprint density at radius 2 is 2.11 bits per heavy atom. The molecule has 0 aliphatic carbocycles. The molecular weight excluding hydrogens is 228 g/mol. The molecule has 0 radical (unpaired) electrons. The third kappa shape index (κ3) is 2.77. The van der Waals surface area contributed by atoms with Crippen LogP contribution in [-0.4, -0.2) is 20.6 Å². The number of benzene rings is 1. The predicted molar refractivity (Wildman–Crippen MR) is 69.0 cm³/mol. The SMILES string of the molecule is Cc1ccc(-n2cnc(CCC(=O)O)c2)cc1C. The molecule has 0 aliphatic heterocycles. The molecule has 0 atom stereocenters. The zero-order valence-corrected chi connectivity index (χ0v) is 10.6. The Bertz CT molecular complexity index is 573. The molecule has 2 aromatic rings. The van der Waals surface area contributed by atoms with Crippen LogP contribution in [0.4, 0.5) is 0 Å². The van der Waals surface area contributed by atoms with Crippen LogP contribution in [0.5, 0.6) is 0 Å². The van der Waals surface area contributed by atoms with E-state index < -0.39 is 5.97 Å². The first-order valence-corrected chi connectivity index (χ1v) is 5.88. The monoisotopic (exact) mass is 244 g/mol. The number of carboxylic acids is 1. The average Bonchev–Trinajstić information content (AvgIpc) is 2.79. The number of hydrogen-bond acceptors (Lipinski definition) is 2. The van der Waals surface area contributed by atoms with E-state index in [1.807, 2.05) is 16.8 Å². The third-order valence-electron chi connectivity index (χ3n) is 3.02. The molecule has 0 aliphatic rings. The van der Waals surface area contributed by atoms with Gasteiger partial charge in [-0.15, -0.1) is 0 Å². The number of aryl methyl sites for hydroxylation is 3. The van der Waals surface area contributed by atoms with Crippen molar-refractivity contribution in [1.82, 2.24) is 9.55 Å². The van der Waals surface area contributed by atoms with Crippen LogP contribution in [0, 0.1) is 13.8 Å². The van der Waals surface area contributed by atoms with Gasteiger partial charge in [-0.25, -0.2) is 4.98 Å². The fraction of sp³-hybridized carbons (Fsp3) is 0.286. The lowest BCUT2D eigenvalue weighted by atomic mass is 10.1. The summed E-state index contributed by atoms with van der Waals surface area (Å²) in [5.41, 5.74) is 4.33. The van der Waals surface area contributed by atoms with E-state index in [0.717, 1.165) is 11.4 Å². The fourth-order valence-electron chi connectivity index (χ4n) is 1.76. The molecule has 0 saturated carbocycles. The summed E-state index contributed by atoms with van der Waals surface area (Å²) in [5.74, 6) is -0.796. The first-order valence-electron chi connectivity index (χ1n) is 5.88. The number of nitrogens with zero attached hydrogens (tertiary/aromatic N) is 2. The largest absolute Gasteiger partial charge is 0.481 e. The van der Waals surface area contributed by atoms with Crippen LogP contribution in [0.2, 0.25) is 0 Å². The van der Waals surface area contributed by atoms with Crippen molar-refractivity contribution in [2.75, 3.05) is 0 Å². The van der Waals surface area contributed by atoms with Crippen molar-refractivity contribution < 1.29 is 9.90 Å². The van der Waals surface area contributed by atoms with Crippen molar-refractivity contribution in [2.45, 2.75) is 26.7 Å². The van der Waals surface area contributed by atoms with Crippen molar-refractivity contribution in [1.29, 1.82) is 0 Å². The number of imidazole rings is 1. The first kappa shape index (κ1) is 12.4. The van der Waals surface area contributed by atoms with E-state index in [4.69, 9.17) is 5.11 Å². The molecule has 1 aromatic heterocycles. The molecular formula is C14H16N2O2. The van der Waals surface area contributed by atoms with Crippen LogP contribution >= 0.6 is 0 Å². The predicted octanol–water partition coefficient (Wildman–Crippen LogP) is 2.51. The van der Waals surface area contributed by atoms with Crippen molar-refractivity contribution >= 4 is 5.97 Å². The van der Waals surface area contributed by atoms with E-state index in [1.165, 1.54) is 11.1 Å². The Balaban J connectivity index is 2.18. The maximum absolute atomic E-state index is 10.5. The van der Waals surface area contributed by atoms with Gasteiger partial charge in [0.1, 0.15) is 0 Å². The molecule has 0 amide bonds. The second-order valence-corrected chi connectivity index (χ2v) is 4.43. The van der Waals surface area contributed by atoms with Gasteiger partial charge < -0.3 is 9.67 Å². The fourth-order valence-corrected chi connectivity index (χ4v) is 1.76. The Morgan fingerprint density at radius 3 is 2.78 bits per heavy atom. The van der Waals surface area contributed by atoms with Gasteiger partial charge in [0.05, 0.1) is 18.4 Å². The third-order valence-corrected chi connectivity index (χ3v) is 3.02. The summed E-state index contributed by atoms with van der Waals surface area (Å²) in [6.45, 7) is 4.15. The van der Waals surface area contributed by atoms with Crippen molar-refractivity contribution in [3.05, 3.63) is 47.5 Å². The Kier molecular flexibility index (Phi) is 3.46. The molecule has 18 heavy (non-hydrogen) atoms. The number of hydrogen-bond donors (Lipinski definition) is 1. The van der Waals surface area contributed by atoms with Gasteiger partial charge in [0.25, 0.3) is 0 Å². The van der Waals surface area contributed by atoms with Gasteiger partial charge in [-0.05, 0) is 37.1 Å². The topological polar surface area (TPSA) is 55.1 Å². The van der Waals surface area contributed by atoms with Crippen LogP contribution in [0.1, 0.15) is 23.2 Å². The van der Waals surface area contributed by atoms with Gasteiger partial charge in [-0.2, -0.15) is 0 Å². The number of carboxylic acid groups (broad SMARTS) is 1. The molecule has 0 saturated heterocycles.